The molecule has 8 heteroatoms. The Balaban J connectivity index is 1.88. The highest BCUT2D eigenvalue weighted by molar-refractivity contribution is 5.87. The first kappa shape index (κ1) is 17.0. The third-order valence-electron chi connectivity index (χ3n) is 4.97. The van der Waals surface area contributed by atoms with Gasteiger partial charge in [-0.2, -0.15) is 10.6 Å². The number of piperidine rings is 1. The van der Waals surface area contributed by atoms with Crippen molar-refractivity contribution in [2.75, 3.05) is 39.1 Å². The third kappa shape index (κ3) is 3.22. The van der Waals surface area contributed by atoms with Gasteiger partial charge in [-0.15, -0.1) is 0 Å². The Hall–Kier alpha value is -2.82. The zero-order valence-electron chi connectivity index (χ0n) is 15.2. The van der Waals surface area contributed by atoms with Crippen molar-refractivity contribution >= 4 is 22.8 Å². The van der Waals surface area contributed by atoms with E-state index in [-0.39, 0.29) is 6.04 Å². The van der Waals surface area contributed by atoms with Crippen molar-refractivity contribution in [2.24, 2.45) is 5.92 Å². The predicted molar refractivity (Wildman–Crippen MR) is 97.3 cm³/mol. The second kappa shape index (κ2) is 6.97. The number of likely N-dealkylation sites (tertiary alicyclic amines) is 1. The number of hydrogen-bond acceptors (Lipinski definition) is 4. The van der Waals surface area contributed by atoms with Crippen molar-refractivity contribution in [1.82, 2.24) is 25.2 Å². The van der Waals surface area contributed by atoms with Crippen LogP contribution in [0.5, 0.6) is 0 Å². The first-order valence-corrected chi connectivity index (χ1v) is 8.48. The molecule has 3 rings (SSSR count). The molecule has 0 amide bonds. The molecule has 0 bridgehead atoms. The van der Waals surface area contributed by atoms with Crippen molar-refractivity contribution in [3.05, 3.63) is 18.6 Å². The number of guanidine groups is 1. The highest BCUT2D eigenvalue weighted by atomic mass is 15.4. The minimum atomic E-state index is 0.289. The van der Waals surface area contributed by atoms with Crippen LogP contribution in [0.1, 0.15) is 13.3 Å². The summed E-state index contributed by atoms with van der Waals surface area (Å²) in [6, 6.07) is 2.30. The SMILES string of the molecule is CC1CCN(C(NC#N)=[N+](C)C)CC1N(C)c1ncnc2[nH]ccc12. The van der Waals surface area contributed by atoms with Gasteiger partial charge < -0.3 is 9.88 Å². The van der Waals surface area contributed by atoms with E-state index >= 15 is 0 Å². The number of anilines is 1. The normalized spacial score (nSPS) is 20.2. The molecular formula is C17H25N8+. The van der Waals surface area contributed by atoms with Crippen molar-refractivity contribution < 1.29 is 4.58 Å². The molecule has 2 atom stereocenters. The number of nitriles is 1. The summed E-state index contributed by atoms with van der Waals surface area (Å²) in [7, 11) is 5.99. The van der Waals surface area contributed by atoms with Crippen LogP contribution < -0.4 is 10.2 Å². The predicted octanol–water partition coefficient (Wildman–Crippen LogP) is 0.803. The first-order chi connectivity index (χ1) is 12.0. The summed E-state index contributed by atoms with van der Waals surface area (Å²) in [6.45, 7) is 4.04. The topological polar surface area (TPSA) is 86.9 Å². The summed E-state index contributed by atoms with van der Waals surface area (Å²) >= 11 is 0. The largest absolute Gasteiger partial charge is 0.362 e. The van der Waals surface area contributed by atoms with E-state index in [1.165, 1.54) is 0 Å². The molecule has 8 nitrogen and oxygen atoms in total. The van der Waals surface area contributed by atoms with E-state index in [9.17, 15) is 0 Å². The first-order valence-electron chi connectivity index (χ1n) is 8.48. The summed E-state index contributed by atoms with van der Waals surface area (Å²) in [6.07, 6.45) is 6.59. The van der Waals surface area contributed by atoms with Gasteiger partial charge in [0.1, 0.15) is 17.8 Å². The van der Waals surface area contributed by atoms with Crippen molar-refractivity contribution in [3.8, 4) is 6.19 Å². The Labute approximate surface area is 147 Å². The average Bonchev–Trinajstić information content (AvgIpc) is 3.08. The van der Waals surface area contributed by atoms with Crippen molar-refractivity contribution in [2.45, 2.75) is 19.4 Å². The molecule has 2 unspecified atom stereocenters. The molecular weight excluding hydrogens is 316 g/mol. The van der Waals surface area contributed by atoms with Crippen LogP contribution in [0.2, 0.25) is 0 Å². The van der Waals surface area contributed by atoms with Gasteiger partial charge in [0.25, 0.3) is 6.19 Å². The second-order valence-electron chi connectivity index (χ2n) is 6.78. The number of nitrogens with one attached hydrogen (secondary N) is 2. The fraction of sp³-hybridized carbons (Fsp3) is 0.529. The molecule has 2 aromatic heterocycles. The van der Waals surface area contributed by atoms with Gasteiger partial charge in [0.05, 0.1) is 38.6 Å². The van der Waals surface area contributed by atoms with E-state index in [0.717, 1.165) is 42.3 Å². The van der Waals surface area contributed by atoms with Crippen molar-refractivity contribution in [3.63, 3.8) is 0 Å². The lowest BCUT2D eigenvalue weighted by molar-refractivity contribution is -0.472. The van der Waals surface area contributed by atoms with Gasteiger partial charge in [0, 0.05) is 13.2 Å². The number of hydrogen-bond donors (Lipinski definition) is 2. The molecule has 2 N–H and O–H groups in total. The van der Waals surface area contributed by atoms with Crippen LogP contribution in [0.3, 0.4) is 0 Å². The highest BCUT2D eigenvalue weighted by Crippen LogP contribution is 2.28. The Morgan fingerprint density at radius 3 is 3.00 bits per heavy atom. The lowest BCUT2D eigenvalue weighted by Gasteiger charge is -2.40. The summed E-state index contributed by atoms with van der Waals surface area (Å²) in [5.41, 5.74) is 0.851. The van der Waals surface area contributed by atoms with E-state index in [0.29, 0.717) is 5.92 Å². The lowest BCUT2D eigenvalue weighted by atomic mass is 9.92. The Kier molecular flexibility index (Phi) is 4.74. The number of rotatable bonds is 2. The molecule has 3 heterocycles. The molecule has 0 aromatic carbocycles. The van der Waals surface area contributed by atoms with Gasteiger partial charge in [-0.05, 0) is 18.4 Å². The molecule has 2 aromatic rings. The number of aromatic amines is 1. The van der Waals surface area contributed by atoms with Crippen LogP contribution >= 0.6 is 0 Å². The van der Waals surface area contributed by atoms with Crippen LogP contribution in [-0.4, -0.2) is 70.7 Å². The summed E-state index contributed by atoms with van der Waals surface area (Å²) in [4.78, 5) is 16.4. The fourth-order valence-corrected chi connectivity index (χ4v) is 3.57. The molecule has 0 radical (unpaired) electrons. The molecule has 0 saturated carbocycles. The number of H-pyrrole nitrogens is 1. The molecule has 1 saturated heterocycles. The maximum atomic E-state index is 9.05. The number of aromatic nitrogens is 3. The Morgan fingerprint density at radius 2 is 2.28 bits per heavy atom. The van der Waals surface area contributed by atoms with Crippen LogP contribution in [0.15, 0.2) is 18.6 Å². The molecule has 0 aliphatic carbocycles. The van der Waals surface area contributed by atoms with E-state index < -0.39 is 0 Å². The second-order valence-corrected chi connectivity index (χ2v) is 6.78. The summed E-state index contributed by atoms with van der Waals surface area (Å²) in [5.74, 6) is 2.29. The minimum Gasteiger partial charge on any atom is -0.353 e. The maximum Gasteiger partial charge on any atom is 0.362 e. The van der Waals surface area contributed by atoms with Gasteiger partial charge in [0.2, 0.25) is 0 Å². The van der Waals surface area contributed by atoms with Crippen LogP contribution in [0.4, 0.5) is 5.82 Å². The molecule has 1 fully saturated rings. The summed E-state index contributed by atoms with van der Waals surface area (Å²) < 4.78 is 1.95. The smallest absolute Gasteiger partial charge is 0.353 e. The van der Waals surface area contributed by atoms with E-state index in [2.05, 4.69) is 44.0 Å². The van der Waals surface area contributed by atoms with E-state index in [1.54, 1.807) is 6.33 Å². The zero-order valence-corrected chi connectivity index (χ0v) is 15.2. The van der Waals surface area contributed by atoms with Crippen LogP contribution in [-0.2, 0) is 0 Å². The van der Waals surface area contributed by atoms with Crippen LogP contribution in [0.25, 0.3) is 11.0 Å². The van der Waals surface area contributed by atoms with E-state index in [4.69, 9.17) is 5.26 Å². The zero-order chi connectivity index (χ0) is 18.0. The third-order valence-corrected chi connectivity index (χ3v) is 4.97. The van der Waals surface area contributed by atoms with E-state index in [1.807, 2.05) is 37.1 Å². The number of likely N-dealkylation sites (N-methyl/N-ethyl adjacent to an activating group) is 1. The van der Waals surface area contributed by atoms with Gasteiger partial charge in [-0.3, -0.25) is 9.48 Å². The van der Waals surface area contributed by atoms with Gasteiger partial charge in [0.15, 0.2) is 0 Å². The Bertz CT molecular complexity index is 813. The molecule has 0 spiro atoms. The monoisotopic (exact) mass is 341 g/mol. The van der Waals surface area contributed by atoms with Gasteiger partial charge in [-0.1, -0.05) is 6.92 Å². The van der Waals surface area contributed by atoms with Crippen molar-refractivity contribution in [1.29, 1.82) is 5.26 Å². The van der Waals surface area contributed by atoms with Gasteiger partial charge in [-0.25, -0.2) is 9.97 Å². The lowest BCUT2D eigenvalue weighted by Crippen LogP contribution is -2.56. The molecule has 1 aliphatic heterocycles. The average molecular weight is 341 g/mol. The summed E-state index contributed by atoms with van der Waals surface area (Å²) in [5, 5.41) is 12.9. The Morgan fingerprint density at radius 1 is 1.48 bits per heavy atom. The fourth-order valence-electron chi connectivity index (χ4n) is 3.57. The molecule has 132 valence electrons. The molecule has 1 aliphatic rings. The van der Waals surface area contributed by atoms with Gasteiger partial charge >= 0.3 is 5.96 Å². The quantitative estimate of drug-likeness (QED) is 0.276. The van der Waals surface area contributed by atoms with Crippen LogP contribution in [0, 0.1) is 17.4 Å². The maximum absolute atomic E-state index is 9.05. The number of fused-ring (bicyclic) bond motifs is 1. The minimum absolute atomic E-state index is 0.289. The number of nitrogens with zero attached hydrogens (tertiary/aromatic N) is 6. The standard InChI is InChI=1S/C17H24N8/c1-12-6-8-25(17(20-10-18)23(2)3)9-14(12)24(4)16-13-5-7-19-15(13)21-11-22-16/h5,7,11-12,14H,6,8-9H2,1-4H3,(H,19,21,22)/p+1. The molecule has 25 heavy (non-hydrogen) atoms. The highest BCUT2D eigenvalue weighted by Gasteiger charge is 2.35.